The number of furan rings is 1. The van der Waals surface area contributed by atoms with Gasteiger partial charge in [-0.3, -0.25) is 4.90 Å². The fraction of sp³-hybridized carbons (Fsp3) is 0.750. The highest BCUT2D eigenvalue weighted by atomic mass is 16.3. The second kappa shape index (κ2) is 5.68. The Balaban J connectivity index is 1.62. The third-order valence-electron chi connectivity index (χ3n) is 5.36. The predicted molar refractivity (Wildman–Crippen MR) is 76.8 cm³/mol. The van der Waals surface area contributed by atoms with E-state index < -0.39 is 0 Å². The Kier molecular flexibility index (Phi) is 3.94. The van der Waals surface area contributed by atoms with Gasteiger partial charge in [0.15, 0.2) is 0 Å². The van der Waals surface area contributed by atoms with Gasteiger partial charge in [-0.15, -0.1) is 0 Å². The number of hydrogen-bond acceptors (Lipinski definition) is 3. The lowest BCUT2D eigenvalue weighted by Crippen LogP contribution is -2.44. The number of nitrogens with two attached hydrogens (primary N) is 1. The highest BCUT2D eigenvalue weighted by Gasteiger charge is 2.37. The molecule has 19 heavy (non-hydrogen) atoms. The molecule has 0 radical (unpaired) electrons. The van der Waals surface area contributed by atoms with E-state index in [2.05, 4.69) is 11.0 Å². The first-order chi connectivity index (χ1) is 9.33. The van der Waals surface area contributed by atoms with Gasteiger partial charge in [0, 0.05) is 12.1 Å². The molecule has 1 saturated heterocycles. The molecule has 1 aliphatic carbocycles. The molecule has 2 N–H and O–H groups in total. The van der Waals surface area contributed by atoms with Crippen molar-refractivity contribution < 1.29 is 4.42 Å². The van der Waals surface area contributed by atoms with Crippen LogP contribution in [0.3, 0.4) is 0 Å². The number of rotatable bonds is 3. The van der Waals surface area contributed by atoms with Crippen LogP contribution in [0.1, 0.15) is 56.6 Å². The Hall–Kier alpha value is -0.800. The molecular formula is C16H26N2O. The molecule has 2 aliphatic rings. The lowest BCUT2D eigenvalue weighted by Gasteiger charge is -2.46. The maximum atomic E-state index is 5.98. The van der Waals surface area contributed by atoms with Gasteiger partial charge >= 0.3 is 0 Å². The fourth-order valence-corrected chi connectivity index (χ4v) is 4.07. The lowest BCUT2D eigenvalue weighted by atomic mass is 9.68. The van der Waals surface area contributed by atoms with E-state index in [4.69, 9.17) is 10.2 Å². The van der Waals surface area contributed by atoms with Crippen LogP contribution in [0, 0.1) is 5.41 Å². The lowest BCUT2D eigenvalue weighted by molar-refractivity contribution is 0.0463. The van der Waals surface area contributed by atoms with Gasteiger partial charge in [-0.25, -0.2) is 0 Å². The molecule has 0 aromatic carbocycles. The van der Waals surface area contributed by atoms with Crippen molar-refractivity contribution in [2.24, 2.45) is 11.1 Å². The molecule has 1 aromatic rings. The molecular weight excluding hydrogens is 236 g/mol. The summed E-state index contributed by atoms with van der Waals surface area (Å²) in [5, 5.41) is 0. The van der Waals surface area contributed by atoms with Crippen molar-refractivity contribution in [2.45, 2.75) is 51.0 Å². The minimum atomic E-state index is 0.347. The van der Waals surface area contributed by atoms with Crippen LogP contribution < -0.4 is 5.73 Å². The van der Waals surface area contributed by atoms with Gasteiger partial charge in [0.25, 0.3) is 0 Å². The summed E-state index contributed by atoms with van der Waals surface area (Å²) in [6.45, 7) is 3.09. The minimum absolute atomic E-state index is 0.347. The topological polar surface area (TPSA) is 42.4 Å². The third-order valence-corrected chi connectivity index (χ3v) is 5.36. The number of nitrogens with zero attached hydrogens (tertiary/aromatic N) is 1. The average Bonchev–Trinajstić information content (AvgIpc) is 2.97. The van der Waals surface area contributed by atoms with Crippen LogP contribution in [0.25, 0.3) is 0 Å². The summed E-state index contributed by atoms with van der Waals surface area (Å²) >= 11 is 0. The zero-order chi connectivity index (χ0) is 13.1. The van der Waals surface area contributed by atoms with Gasteiger partial charge in [0.1, 0.15) is 0 Å². The molecule has 3 nitrogen and oxygen atoms in total. The number of hydrogen-bond donors (Lipinski definition) is 1. The molecule has 1 spiro atoms. The van der Waals surface area contributed by atoms with Crippen LogP contribution in [0.15, 0.2) is 23.0 Å². The summed E-state index contributed by atoms with van der Waals surface area (Å²) < 4.78 is 5.22. The van der Waals surface area contributed by atoms with E-state index >= 15 is 0 Å². The van der Waals surface area contributed by atoms with E-state index in [0.29, 0.717) is 18.0 Å². The summed E-state index contributed by atoms with van der Waals surface area (Å²) in [4.78, 5) is 2.56. The Bertz CT molecular complexity index is 371. The summed E-state index contributed by atoms with van der Waals surface area (Å²) in [6, 6.07) is 2.40. The quantitative estimate of drug-likeness (QED) is 0.908. The Morgan fingerprint density at radius 2 is 1.89 bits per heavy atom. The summed E-state index contributed by atoms with van der Waals surface area (Å²) in [7, 11) is 0. The van der Waals surface area contributed by atoms with E-state index in [0.717, 1.165) is 0 Å². The normalized spacial score (nSPS) is 25.5. The summed E-state index contributed by atoms with van der Waals surface area (Å²) in [5.41, 5.74) is 7.89. The maximum absolute atomic E-state index is 5.98. The maximum Gasteiger partial charge on any atom is 0.0950 e. The largest absolute Gasteiger partial charge is 0.472 e. The zero-order valence-corrected chi connectivity index (χ0v) is 11.8. The molecule has 106 valence electrons. The SMILES string of the molecule is NCC(c1ccoc1)N1CCC2(CCCCC2)CC1. The van der Waals surface area contributed by atoms with Crippen LogP contribution in [0.4, 0.5) is 0 Å². The second-order valence-corrected chi connectivity index (χ2v) is 6.40. The molecule has 1 atom stereocenters. The Labute approximate surface area is 116 Å². The van der Waals surface area contributed by atoms with Crippen LogP contribution in [-0.2, 0) is 0 Å². The molecule has 0 amide bonds. The summed E-state index contributed by atoms with van der Waals surface area (Å²) in [6.07, 6.45) is 13.6. The highest BCUT2D eigenvalue weighted by molar-refractivity contribution is 5.13. The van der Waals surface area contributed by atoms with E-state index in [1.165, 1.54) is 63.6 Å². The molecule has 3 rings (SSSR count). The first-order valence-corrected chi connectivity index (χ1v) is 7.79. The van der Waals surface area contributed by atoms with Crippen molar-refractivity contribution in [3.8, 4) is 0 Å². The van der Waals surface area contributed by atoms with Gasteiger partial charge < -0.3 is 10.2 Å². The predicted octanol–water partition coefficient (Wildman–Crippen LogP) is 3.33. The van der Waals surface area contributed by atoms with Crippen molar-refractivity contribution in [1.29, 1.82) is 0 Å². The molecule has 1 unspecified atom stereocenters. The Morgan fingerprint density at radius 3 is 2.47 bits per heavy atom. The van der Waals surface area contributed by atoms with Crippen LogP contribution in [-0.4, -0.2) is 24.5 Å². The van der Waals surface area contributed by atoms with Crippen molar-refractivity contribution in [1.82, 2.24) is 4.90 Å². The van der Waals surface area contributed by atoms with Gasteiger partial charge in [0.2, 0.25) is 0 Å². The second-order valence-electron chi connectivity index (χ2n) is 6.40. The highest BCUT2D eigenvalue weighted by Crippen LogP contribution is 2.45. The van der Waals surface area contributed by atoms with Gasteiger partial charge in [-0.1, -0.05) is 19.3 Å². The van der Waals surface area contributed by atoms with Gasteiger partial charge in [-0.2, -0.15) is 0 Å². The molecule has 1 aromatic heterocycles. The number of piperidine rings is 1. The van der Waals surface area contributed by atoms with Crippen molar-refractivity contribution in [3.63, 3.8) is 0 Å². The Morgan fingerprint density at radius 1 is 1.16 bits per heavy atom. The molecule has 2 heterocycles. The standard InChI is InChI=1S/C16H26N2O/c17-12-15(14-4-11-19-13-14)18-9-7-16(8-10-18)5-2-1-3-6-16/h4,11,13,15H,1-3,5-10,12,17H2. The zero-order valence-electron chi connectivity index (χ0n) is 11.8. The smallest absolute Gasteiger partial charge is 0.0950 e. The van der Waals surface area contributed by atoms with Crippen molar-refractivity contribution in [3.05, 3.63) is 24.2 Å². The van der Waals surface area contributed by atoms with Crippen LogP contribution >= 0.6 is 0 Å². The average molecular weight is 262 g/mol. The van der Waals surface area contributed by atoms with Crippen LogP contribution in [0.2, 0.25) is 0 Å². The minimum Gasteiger partial charge on any atom is -0.472 e. The first-order valence-electron chi connectivity index (χ1n) is 7.79. The van der Waals surface area contributed by atoms with Crippen molar-refractivity contribution in [2.75, 3.05) is 19.6 Å². The van der Waals surface area contributed by atoms with E-state index in [1.807, 2.05) is 6.26 Å². The molecule has 3 heteroatoms. The van der Waals surface area contributed by atoms with E-state index in [9.17, 15) is 0 Å². The van der Waals surface area contributed by atoms with Gasteiger partial charge in [-0.05, 0) is 50.3 Å². The van der Waals surface area contributed by atoms with Crippen LogP contribution in [0.5, 0.6) is 0 Å². The fourth-order valence-electron chi connectivity index (χ4n) is 4.07. The van der Waals surface area contributed by atoms with E-state index in [1.54, 1.807) is 6.26 Å². The third kappa shape index (κ3) is 2.72. The van der Waals surface area contributed by atoms with Gasteiger partial charge in [0.05, 0.1) is 18.6 Å². The molecule has 2 fully saturated rings. The monoisotopic (exact) mass is 262 g/mol. The molecule has 0 bridgehead atoms. The van der Waals surface area contributed by atoms with E-state index in [-0.39, 0.29) is 0 Å². The molecule has 1 aliphatic heterocycles. The summed E-state index contributed by atoms with van der Waals surface area (Å²) in [5.74, 6) is 0. The number of likely N-dealkylation sites (tertiary alicyclic amines) is 1. The molecule has 1 saturated carbocycles. The van der Waals surface area contributed by atoms with Crippen molar-refractivity contribution >= 4 is 0 Å². The first kappa shape index (κ1) is 13.2.